The Labute approximate surface area is 123 Å². The molecule has 108 valence electrons. The molecule has 0 bridgehead atoms. The number of rotatable bonds is 9. The smallest absolute Gasteiger partial charge is 0.0438 e. The number of aryl methyl sites for hydroxylation is 1. The lowest BCUT2D eigenvalue weighted by atomic mass is 10.0. The molecular weight excluding hydrogens is 254 g/mol. The molecule has 0 amide bonds. The van der Waals surface area contributed by atoms with Gasteiger partial charge in [0, 0.05) is 11.6 Å². The normalized spacial score (nSPS) is 11.2. The third-order valence-electron chi connectivity index (χ3n) is 3.45. The number of hydrogen-bond donors (Lipinski definition) is 1. The molecule has 1 aromatic carbocycles. The number of unbranched alkanes of at least 4 members (excludes halogenated alkanes) is 3. The van der Waals surface area contributed by atoms with Crippen LogP contribution in [0.3, 0.4) is 0 Å². The average molecular weight is 282 g/mol. The molecule has 0 spiro atoms. The molecule has 2 heteroatoms. The molecule has 0 aromatic heterocycles. The van der Waals surface area contributed by atoms with Crippen molar-refractivity contribution in [1.82, 2.24) is 5.32 Å². The first-order valence-electron chi connectivity index (χ1n) is 7.55. The van der Waals surface area contributed by atoms with Crippen LogP contribution in [0, 0.1) is 12.8 Å². The number of benzene rings is 1. The molecule has 0 atom stereocenters. The Bertz CT molecular complexity index is 360. The van der Waals surface area contributed by atoms with Gasteiger partial charge in [0.05, 0.1) is 0 Å². The van der Waals surface area contributed by atoms with Gasteiger partial charge in [-0.2, -0.15) is 0 Å². The van der Waals surface area contributed by atoms with Gasteiger partial charge in [-0.25, -0.2) is 0 Å². The van der Waals surface area contributed by atoms with Gasteiger partial charge in [0.1, 0.15) is 0 Å². The molecule has 1 nitrogen and oxygen atoms in total. The Balaban J connectivity index is 2.03. The SMILES string of the molecule is Cc1ccc(CNCCCCCCC(C)C)cc1Cl. The fourth-order valence-corrected chi connectivity index (χ4v) is 2.34. The first-order chi connectivity index (χ1) is 9.09. The van der Waals surface area contributed by atoms with Crippen molar-refractivity contribution in [2.45, 2.75) is 59.4 Å². The maximum absolute atomic E-state index is 6.11. The summed E-state index contributed by atoms with van der Waals surface area (Å²) in [6, 6.07) is 6.30. The van der Waals surface area contributed by atoms with Gasteiger partial charge in [-0.3, -0.25) is 0 Å². The van der Waals surface area contributed by atoms with Gasteiger partial charge in [0.2, 0.25) is 0 Å². The van der Waals surface area contributed by atoms with E-state index in [1.165, 1.54) is 37.7 Å². The van der Waals surface area contributed by atoms with E-state index in [9.17, 15) is 0 Å². The third-order valence-corrected chi connectivity index (χ3v) is 3.86. The third kappa shape index (κ3) is 7.59. The van der Waals surface area contributed by atoms with E-state index in [-0.39, 0.29) is 0 Å². The Morgan fingerprint density at radius 1 is 1.11 bits per heavy atom. The zero-order valence-corrected chi connectivity index (χ0v) is 13.4. The van der Waals surface area contributed by atoms with E-state index < -0.39 is 0 Å². The molecule has 0 saturated heterocycles. The van der Waals surface area contributed by atoms with E-state index in [4.69, 9.17) is 11.6 Å². The summed E-state index contributed by atoms with van der Waals surface area (Å²) in [5.41, 5.74) is 2.42. The van der Waals surface area contributed by atoms with E-state index in [1.54, 1.807) is 0 Å². The first-order valence-corrected chi connectivity index (χ1v) is 7.93. The summed E-state index contributed by atoms with van der Waals surface area (Å²) in [5.74, 6) is 0.851. The Kier molecular flexibility index (Phi) is 8.16. The number of hydrogen-bond acceptors (Lipinski definition) is 1. The van der Waals surface area contributed by atoms with Crippen molar-refractivity contribution >= 4 is 11.6 Å². The van der Waals surface area contributed by atoms with Crippen LogP contribution in [0.25, 0.3) is 0 Å². The molecule has 0 aliphatic rings. The molecule has 0 fully saturated rings. The highest BCUT2D eigenvalue weighted by Crippen LogP contribution is 2.16. The summed E-state index contributed by atoms with van der Waals surface area (Å²) in [6.07, 6.45) is 6.74. The van der Waals surface area contributed by atoms with Crippen molar-refractivity contribution in [1.29, 1.82) is 0 Å². The minimum absolute atomic E-state index is 0.851. The van der Waals surface area contributed by atoms with Gasteiger partial charge >= 0.3 is 0 Å². The zero-order chi connectivity index (χ0) is 14.1. The van der Waals surface area contributed by atoms with Gasteiger partial charge in [-0.05, 0) is 43.0 Å². The Hall–Kier alpha value is -0.530. The van der Waals surface area contributed by atoms with E-state index >= 15 is 0 Å². The van der Waals surface area contributed by atoms with E-state index in [0.717, 1.165) is 29.6 Å². The highest BCUT2D eigenvalue weighted by molar-refractivity contribution is 6.31. The molecule has 1 rings (SSSR count). The predicted octanol–water partition coefficient (Wildman–Crippen LogP) is 5.34. The topological polar surface area (TPSA) is 12.0 Å². The summed E-state index contributed by atoms with van der Waals surface area (Å²) >= 11 is 6.11. The van der Waals surface area contributed by atoms with Crippen LogP contribution in [0.5, 0.6) is 0 Å². The van der Waals surface area contributed by atoms with E-state index in [1.807, 2.05) is 6.92 Å². The van der Waals surface area contributed by atoms with Crippen LogP contribution in [0.1, 0.15) is 57.1 Å². The lowest BCUT2D eigenvalue weighted by Gasteiger charge is -2.07. The highest BCUT2D eigenvalue weighted by Gasteiger charge is 1.98. The second-order valence-electron chi connectivity index (χ2n) is 5.86. The summed E-state index contributed by atoms with van der Waals surface area (Å²) in [6.45, 7) is 8.67. The van der Waals surface area contributed by atoms with Gasteiger partial charge in [-0.1, -0.05) is 63.3 Å². The standard InChI is InChI=1S/C17H28ClN/c1-14(2)8-6-4-5-7-11-19-13-16-10-9-15(3)17(18)12-16/h9-10,12,14,19H,4-8,11,13H2,1-3H3. The first kappa shape index (κ1) is 16.5. The van der Waals surface area contributed by atoms with Crippen LogP contribution in [-0.2, 0) is 6.54 Å². The van der Waals surface area contributed by atoms with Gasteiger partial charge in [-0.15, -0.1) is 0 Å². The fraction of sp³-hybridized carbons (Fsp3) is 0.647. The Morgan fingerprint density at radius 3 is 2.53 bits per heavy atom. The number of nitrogens with one attached hydrogen (secondary N) is 1. The van der Waals surface area contributed by atoms with Crippen molar-refractivity contribution in [3.8, 4) is 0 Å². The average Bonchev–Trinajstić information content (AvgIpc) is 2.36. The molecule has 0 radical (unpaired) electrons. The summed E-state index contributed by atoms with van der Waals surface area (Å²) in [5, 5.41) is 4.36. The van der Waals surface area contributed by atoms with Crippen molar-refractivity contribution < 1.29 is 0 Å². The summed E-state index contributed by atoms with van der Waals surface area (Å²) < 4.78 is 0. The maximum Gasteiger partial charge on any atom is 0.0438 e. The Morgan fingerprint density at radius 2 is 1.84 bits per heavy atom. The van der Waals surface area contributed by atoms with Crippen LogP contribution >= 0.6 is 11.6 Å². The monoisotopic (exact) mass is 281 g/mol. The highest BCUT2D eigenvalue weighted by atomic mass is 35.5. The van der Waals surface area contributed by atoms with Gasteiger partial charge in [0.25, 0.3) is 0 Å². The van der Waals surface area contributed by atoms with Crippen molar-refractivity contribution in [3.05, 3.63) is 34.3 Å². The predicted molar refractivity (Wildman–Crippen MR) is 85.8 cm³/mol. The quantitative estimate of drug-likeness (QED) is 0.602. The maximum atomic E-state index is 6.11. The molecular formula is C17H28ClN. The molecule has 1 N–H and O–H groups in total. The van der Waals surface area contributed by atoms with Gasteiger partial charge < -0.3 is 5.32 Å². The second kappa shape index (κ2) is 9.39. The van der Waals surface area contributed by atoms with Crippen LogP contribution < -0.4 is 5.32 Å². The fourth-order valence-electron chi connectivity index (χ4n) is 2.14. The number of halogens is 1. The van der Waals surface area contributed by atoms with Crippen LogP contribution in [0.2, 0.25) is 5.02 Å². The molecule has 0 aliphatic carbocycles. The summed E-state index contributed by atoms with van der Waals surface area (Å²) in [7, 11) is 0. The van der Waals surface area contributed by atoms with E-state index in [0.29, 0.717) is 0 Å². The lowest BCUT2D eigenvalue weighted by molar-refractivity contribution is 0.512. The minimum atomic E-state index is 0.851. The molecule has 19 heavy (non-hydrogen) atoms. The van der Waals surface area contributed by atoms with Crippen molar-refractivity contribution in [2.24, 2.45) is 5.92 Å². The summed E-state index contributed by atoms with van der Waals surface area (Å²) in [4.78, 5) is 0. The van der Waals surface area contributed by atoms with Crippen molar-refractivity contribution in [2.75, 3.05) is 6.54 Å². The molecule has 0 unspecified atom stereocenters. The van der Waals surface area contributed by atoms with E-state index in [2.05, 4.69) is 37.4 Å². The second-order valence-corrected chi connectivity index (χ2v) is 6.26. The van der Waals surface area contributed by atoms with Crippen LogP contribution in [0.4, 0.5) is 0 Å². The molecule has 0 saturated carbocycles. The molecule has 0 aliphatic heterocycles. The van der Waals surface area contributed by atoms with Crippen LogP contribution in [-0.4, -0.2) is 6.54 Å². The van der Waals surface area contributed by atoms with Crippen LogP contribution in [0.15, 0.2) is 18.2 Å². The largest absolute Gasteiger partial charge is 0.313 e. The molecule has 1 aromatic rings. The molecule has 0 heterocycles. The van der Waals surface area contributed by atoms with Crippen molar-refractivity contribution in [3.63, 3.8) is 0 Å². The minimum Gasteiger partial charge on any atom is -0.313 e. The zero-order valence-electron chi connectivity index (χ0n) is 12.6. The lowest BCUT2D eigenvalue weighted by Crippen LogP contribution is -2.14. The van der Waals surface area contributed by atoms with Gasteiger partial charge in [0.15, 0.2) is 0 Å².